The number of hydrogen-bond donors (Lipinski definition) is 2. The summed E-state index contributed by atoms with van der Waals surface area (Å²) in [5, 5.41) is 2.34. The van der Waals surface area contributed by atoms with Gasteiger partial charge in [0.15, 0.2) is 5.72 Å². The molecule has 1 atom stereocenters. The molecule has 3 aliphatic heterocycles. The number of hydrazine groups is 1. The molecule has 1 fully saturated rings. The first-order valence-electron chi connectivity index (χ1n) is 9.71. The number of nitrogens with one attached hydrogen (secondary N) is 2. The molecule has 1 spiro atoms. The Morgan fingerprint density at radius 2 is 1.85 bits per heavy atom. The molecule has 0 amide bonds. The summed E-state index contributed by atoms with van der Waals surface area (Å²) in [5.41, 5.74) is 6.76. The Bertz CT molecular complexity index is 887. The molecule has 0 radical (unpaired) electrons. The average molecular weight is 364 g/mol. The maximum Gasteiger partial charge on any atom is 0.191 e. The van der Waals surface area contributed by atoms with Crippen LogP contribution in [0.25, 0.3) is 5.70 Å². The second kappa shape index (κ2) is 6.29. The van der Waals surface area contributed by atoms with Gasteiger partial charge in [0.25, 0.3) is 0 Å². The molecule has 27 heavy (non-hydrogen) atoms. The van der Waals surface area contributed by atoms with Crippen molar-refractivity contribution in [2.75, 3.05) is 27.2 Å². The number of hydrogen-bond acceptors (Lipinski definition) is 4. The number of benzene rings is 2. The molecule has 2 aromatic carbocycles. The van der Waals surface area contributed by atoms with Gasteiger partial charge >= 0.3 is 0 Å². The van der Waals surface area contributed by atoms with Crippen LogP contribution in [-0.2, 0) is 0 Å². The van der Waals surface area contributed by atoms with Crippen LogP contribution in [-0.4, -0.2) is 38.0 Å². The van der Waals surface area contributed by atoms with E-state index in [9.17, 15) is 0 Å². The fourth-order valence-corrected chi connectivity index (χ4v) is 4.55. The molecule has 140 valence electrons. The maximum atomic E-state index is 6.65. The van der Waals surface area contributed by atoms with Crippen molar-refractivity contribution in [1.29, 1.82) is 0 Å². The minimum Gasteiger partial charge on any atom is -0.496 e. The van der Waals surface area contributed by atoms with Gasteiger partial charge in [0.05, 0.1) is 51.8 Å². The van der Waals surface area contributed by atoms with E-state index in [4.69, 9.17) is 9.47 Å². The van der Waals surface area contributed by atoms with Gasteiger partial charge in [-0.15, -0.1) is 0 Å². The van der Waals surface area contributed by atoms with Gasteiger partial charge in [0.1, 0.15) is 11.5 Å². The van der Waals surface area contributed by atoms with E-state index in [0.717, 1.165) is 48.7 Å². The van der Waals surface area contributed by atoms with Gasteiger partial charge in [-0.25, -0.2) is 0 Å². The van der Waals surface area contributed by atoms with Gasteiger partial charge in [0, 0.05) is 11.1 Å². The highest BCUT2D eigenvalue weighted by Gasteiger charge is 2.52. The lowest BCUT2D eigenvalue weighted by molar-refractivity contribution is -0.888. The molecule has 3 aliphatic rings. The molecule has 1 saturated heterocycles. The largest absolute Gasteiger partial charge is 0.496 e. The van der Waals surface area contributed by atoms with Crippen LogP contribution >= 0.6 is 0 Å². The van der Waals surface area contributed by atoms with Crippen LogP contribution < -0.4 is 19.8 Å². The van der Waals surface area contributed by atoms with Gasteiger partial charge in [-0.05, 0) is 24.3 Å². The monoisotopic (exact) mass is 364 g/mol. The molecular weight excluding hydrogens is 338 g/mol. The van der Waals surface area contributed by atoms with Crippen LogP contribution in [0.4, 0.5) is 0 Å². The first-order valence-corrected chi connectivity index (χ1v) is 9.71. The molecule has 3 heterocycles. The standard InChI is InChI=1S/C22H25N3O2/c1-24-13-11-22(12-14-24)25-19(17-8-4-6-10-21(17)27-22)15-18(23-25)16-7-3-5-9-20(16)26-2/h3-10,15,19,23H,11-14H2,1-2H3/p+1/t19-/m1/s1. The van der Waals surface area contributed by atoms with E-state index in [0.29, 0.717) is 0 Å². The smallest absolute Gasteiger partial charge is 0.191 e. The van der Waals surface area contributed by atoms with Crippen molar-refractivity contribution in [3.8, 4) is 11.5 Å². The minimum absolute atomic E-state index is 0.160. The zero-order chi connectivity index (χ0) is 18.4. The lowest BCUT2D eigenvalue weighted by atomic mass is 9.93. The Balaban J connectivity index is 1.58. The van der Waals surface area contributed by atoms with E-state index in [-0.39, 0.29) is 11.8 Å². The van der Waals surface area contributed by atoms with E-state index in [1.807, 2.05) is 12.1 Å². The molecule has 0 saturated carbocycles. The lowest BCUT2D eigenvalue weighted by Gasteiger charge is -2.50. The van der Waals surface area contributed by atoms with Crippen molar-refractivity contribution >= 4 is 5.70 Å². The second-order valence-electron chi connectivity index (χ2n) is 7.75. The summed E-state index contributed by atoms with van der Waals surface area (Å²) in [6.45, 7) is 2.22. The summed E-state index contributed by atoms with van der Waals surface area (Å²) >= 11 is 0. The quantitative estimate of drug-likeness (QED) is 0.855. The van der Waals surface area contributed by atoms with Gasteiger partial charge < -0.3 is 19.8 Å². The van der Waals surface area contributed by atoms with E-state index < -0.39 is 0 Å². The molecule has 5 rings (SSSR count). The third-order valence-corrected chi connectivity index (χ3v) is 6.10. The highest BCUT2D eigenvalue weighted by atomic mass is 16.5. The lowest BCUT2D eigenvalue weighted by Crippen LogP contribution is -3.11. The number of methoxy groups -OCH3 is 1. The maximum absolute atomic E-state index is 6.65. The van der Waals surface area contributed by atoms with Crippen LogP contribution in [0, 0.1) is 0 Å². The van der Waals surface area contributed by atoms with Crippen LogP contribution in [0.3, 0.4) is 0 Å². The number of ether oxygens (including phenoxy) is 2. The van der Waals surface area contributed by atoms with Crippen molar-refractivity contribution in [3.05, 3.63) is 65.7 Å². The Morgan fingerprint density at radius 1 is 1.11 bits per heavy atom. The molecule has 5 heteroatoms. The number of piperidine rings is 1. The number of para-hydroxylation sites is 2. The Hall–Kier alpha value is -2.50. The third-order valence-electron chi connectivity index (χ3n) is 6.10. The van der Waals surface area contributed by atoms with Crippen molar-refractivity contribution in [2.24, 2.45) is 0 Å². The molecule has 0 aliphatic carbocycles. The molecule has 0 aromatic heterocycles. The van der Waals surface area contributed by atoms with Crippen molar-refractivity contribution < 1.29 is 14.4 Å². The van der Waals surface area contributed by atoms with Gasteiger partial charge in [-0.3, -0.25) is 0 Å². The fourth-order valence-electron chi connectivity index (χ4n) is 4.55. The first-order chi connectivity index (χ1) is 13.2. The SMILES string of the molecule is COc1ccccc1C1=C[C@@H]2c3ccccc3OC3(CC[NH+](C)CC3)N2N1. The summed E-state index contributed by atoms with van der Waals surface area (Å²) in [7, 11) is 3.98. The van der Waals surface area contributed by atoms with Gasteiger partial charge in [-0.1, -0.05) is 30.3 Å². The zero-order valence-corrected chi connectivity index (χ0v) is 15.9. The second-order valence-corrected chi connectivity index (χ2v) is 7.75. The number of quaternary nitrogens is 1. The Labute approximate surface area is 160 Å². The summed E-state index contributed by atoms with van der Waals surface area (Å²) in [6.07, 6.45) is 4.32. The van der Waals surface area contributed by atoms with Crippen LogP contribution in [0.15, 0.2) is 54.6 Å². The topological polar surface area (TPSA) is 38.2 Å². The normalized spacial score (nSPS) is 29.3. The van der Waals surface area contributed by atoms with Crippen molar-refractivity contribution in [3.63, 3.8) is 0 Å². The van der Waals surface area contributed by atoms with E-state index in [1.54, 1.807) is 12.0 Å². The Kier molecular flexibility index (Phi) is 3.88. The molecule has 2 aromatic rings. The van der Waals surface area contributed by atoms with E-state index >= 15 is 0 Å². The summed E-state index contributed by atoms with van der Waals surface area (Å²) < 4.78 is 12.2. The number of nitrogens with zero attached hydrogens (tertiary/aromatic N) is 1. The fraction of sp³-hybridized carbons (Fsp3) is 0.364. The van der Waals surface area contributed by atoms with Crippen LogP contribution in [0.2, 0.25) is 0 Å². The number of likely N-dealkylation sites (tertiary alicyclic amines) is 1. The molecule has 5 nitrogen and oxygen atoms in total. The van der Waals surface area contributed by atoms with E-state index in [1.165, 1.54) is 5.56 Å². The third kappa shape index (κ3) is 2.61. The first kappa shape index (κ1) is 16.7. The summed E-state index contributed by atoms with van der Waals surface area (Å²) in [5.74, 6) is 1.89. The van der Waals surface area contributed by atoms with E-state index in [2.05, 4.69) is 60.0 Å². The Morgan fingerprint density at radius 3 is 2.67 bits per heavy atom. The summed E-state index contributed by atoms with van der Waals surface area (Å²) in [4.78, 5) is 1.57. The van der Waals surface area contributed by atoms with Gasteiger partial charge in [-0.2, -0.15) is 5.01 Å². The molecule has 2 N–H and O–H groups in total. The van der Waals surface area contributed by atoms with Crippen LogP contribution in [0.5, 0.6) is 11.5 Å². The summed E-state index contributed by atoms with van der Waals surface area (Å²) in [6, 6.07) is 16.8. The highest BCUT2D eigenvalue weighted by molar-refractivity contribution is 5.72. The minimum atomic E-state index is -0.307. The van der Waals surface area contributed by atoms with Gasteiger partial charge in [0.2, 0.25) is 0 Å². The van der Waals surface area contributed by atoms with Crippen LogP contribution in [0.1, 0.15) is 30.0 Å². The predicted octanol–water partition coefficient (Wildman–Crippen LogP) is 1.99. The zero-order valence-electron chi connectivity index (χ0n) is 15.9. The molecular formula is C22H26N3O2+. The van der Waals surface area contributed by atoms with Crippen molar-refractivity contribution in [2.45, 2.75) is 24.6 Å². The molecule has 0 unspecified atom stereocenters. The van der Waals surface area contributed by atoms with Crippen molar-refractivity contribution in [1.82, 2.24) is 10.4 Å². The number of rotatable bonds is 2. The average Bonchev–Trinajstić information content (AvgIpc) is 3.17. The highest BCUT2D eigenvalue weighted by Crippen LogP contribution is 2.48. The number of fused-ring (bicyclic) bond motifs is 4. The predicted molar refractivity (Wildman–Crippen MR) is 104 cm³/mol. The molecule has 0 bridgehead atoms.